The second kappa shape index (κ2) is 7.45. The van der Waals surface area contributed by atoms with Gasteiger partial charge in [-0.05, 0) is 25.0 Å². The molecule has 126 valence electrons. The van der Waals surface area contributed by atoms with Crippen molar-refractivity contribution >= 4 is 16.8 Å². The molecule has 1 aromatic carbocycles. The van der Waals surface area contributed by atoms with Gasteiger partial charge in [-0.3, -0.25) is 4.21 Å². The lowest BCUT2D eigenvalue weighted by Gasteiger charge is -2.36. The molecule has 23 heavy (non-hydrogen) atoms. The zero-order valence-electron chi connectivity index (χ0n) is 13.7. The number of nitrogens with zero attached hydrogens (tertiary/aromatic N) is 3. The van der Waals surface area contributed by atoms with Crippen LogP contribution in [0.5, 0.6) is 0 Å². The maximum absolute atomic E-state index is 12.3. The van der Waals surface area contributed by atoms with Gasteiger partial charge < -0.3 is 14.7 Å². The van der Waals surface area contributed by atoms with Gasteiger partial charge in [0, 0.05) is 56.5 Å². The summed E-state index contributed by atoms with van der Waals surface area (Å²) >= 11 is 0. The summed E-state index contributed by atoms with van der Waals surface area (Å²) in [4.78, 5) is 19.2. The number of likely N-dealkylation sites (tertiary alicyclic amines) is 1. The Morgan fingerprint density at radius 1 is 1.09 bits per heavy atom. The van der Waals surface area contributed by atoms with Crippen molar-refractivity contribution in [2.75, 3.05) is 45.5 Å². The second-order valence-electron chi connectivity index (χ2n) is 6.33. The third-order valence-electron chi connectivity index (χ3n) is 4.85. The number of rotatable bonds is 5. The molecule has 0 bridgehead atoms. The molecule has 0 aromatic heterocycles. The largest absolute Gasteiger partial charge is 0.326 e. The quantitative estimate of drug-likeness (QED) is 0.821. The number of hydrogen-bond acceptors (Lipinski definition) is 3. The summed E-state index contributed by atoms with van der Waals surface area (Å²) in [5, 5.41) is 0. The molecule has 2 heterocycles. The lowest BCUT2D eigenvalue weighted by atomic mass is 10.0. The third kappa shape index (κ3) is 3.93. The first-order valence-electron chi connectivity index (χ1n) is 8.32. The Morgan fingerprint density at radius 3 is 2.39 bits per heavy atom. The molecule has 2 amide bonds. The van der Waals surface area contributed by atoms with E-state index >= 15 is 0 Å². The first kappa shape index (κ1) is 16.5. The highest BCUT2D eigenvalue weighted by Gasteiger charge is 2.33. The highest BCUT2D eigenvalue weighted by Crippen LogP contribution is 2.20. The lowest BCUT2D eigenvalue weighted by molar-refractivity contribution is 0.135. The number of urea groups is 1. The van der Waals surface area contributed by atoms with Gasteiger partial charge in [0.25, 0.3) is 0 Å². The van der Waals surface area contributed by atoms with E-state index in [9.17, 15) is 9.00 Å². The van der Waals surface area contributed by atoms with Crippen molar-refractivity contribution in [1.29, 1.82) is 0 Å². The van der Waals surface area contributed by atoms with E-state index in [1.54, 1.807) is 4.90 Å². The lowest BCUT2D eigenvalue weighted by Crippen LogP contribution is -2.46. The minimum Gasteiger partial charge on any atom is -0.326 e. The minimum atomic E-state index is -0.919. The second-order valence-corrected chi connectivity index (χ2v) is 7.90. The first-order valence-corrected chi connectivity index (χ1v) is 9.64. The summed E-state index contributed by atoms with van der Waals surface area (Å²) in [6.07, 6.45) is 2.05. The summed E-state index contributed by atoms with van der Waals surface area (Å²) in [5.74, 6) is 0.681. The van der Waals surface area contributed by atoms with Crippen LogP contribution in [-0.4, -0.2) is 76.5 Å². The third-order valence-corrected chi connectivity index (χ3v) is 6.20. The van der Waals surface area contributed by atoms with E-state index in [1.165, 1.54) is 0 Å². The van der Waals surface area contributed by atoms with Gasteiger partial charge in [-0.15, -0.1) is 0 Å². The normalized spacial score (nSPS) is 21.9. The van der Waals surface area contributed by atoms with Gasteiger partial charge in [0.1, 0.15) is 0 Å². The summed E-state index contributed by atoms with van der Waals surface area (Å²) in [6, 6.07) is 10.2. The Bertz CT molecular complexity index is 558. The molecule has 5 nitrogen and oxygen atoms in total. The Hall–Kier alpha value is -1.40. The number of benzene rings is 1. The summed E-state index contributed by atoms with van der Waals surface area (Å²) in [6.45, 7) is 4.55. The number of amides is 2. The molecule has 2 fully saturated rings. The van der Waals surface area contributed by atoms with Crippen LogP contribution >= 0.6 is 0 Å². The van der Waals surface area contributed by atoms with Gasteiger partial charge in [0.2, 0.25) is 0 Å². The highest BCUT2D eigenvalue weighted by atomic mass is 32.2. The van der Waals surface area contributed by atoms with Crippen LogP contribution in [0.1, 0.15) is 12.8 Å². The van der Waals surface area contributed by atoms with Gasteiger partial charge >= 0.3 is 6.03 Å². The maximum Gasteiger partial charge on any atom is 0.320 e. The standard InChI is InChI=1S/C17H25N3O2S/c1-18-11-12-20(17(18)21)15-7-9-19(10-8-15)13-14-23(22)16-5-3-2-4-6-16/h2-6,15H,7-14H2,1H3/t23-/m1/s1. The zero-order chi connectivity index (χ0) is 16.2. The molecule has 2 aliphatic rings. The molecule has 0 saturated carbocycles. The van der Waals surface area contributed by atoms with E-state index in [1.807, 2.05) is 42.3 Å². The fraction of sp³-hybridized carbons (Fsp3) is 0.588. The van der Waals surface area contributed by atoms with Gasteiger partial charge in [0.15, 0.2) is 0 Å². The van der Waals surface area contributed by atoms with Crippen LogP contribution in [0.15, 0.2) is 35.2 Å². The van der Waals surface area contributed by atoms with E-state index in [4.69, 9.17) is 0 Å². The molecule has 0 aliphatic carbocycles. The zero-order valence-corrected chi connectivity index (χ0v) is 14.5. The maximum atomic E-state index is 12.3. The summed E-state index contributed by atoms with van der Waals surface area (Å²) in [5.41, 5.74) is 0. The van der Waals surface area contributed by atoms with E-state index in [-0.39, 0.29) is 6.03 Å². The van der Waals surface area contributed by atoms with Crippen molar-refractivity contribution in [1.82, 2.24) is 14.7 Å². The number of piperidine rings is 1. The minimum absolute atomic E-state index is 0.175. The molecule has 2 saturated heterocycles. The molecule has 0 N–H and O–H groups in total. The fourth-order valence-electron chi connectivity index (χ4n) is 3.36. The monoisotopic (exact) mass is 335 g/mol. The van der Waals surface area contributed by atoms with Crippen molar-refractivity contribution in [2.45, 2.75) is 23.8 Å². The number of hydrogen-bond donors (Lipinski definition) is 0. The number of carbonyl (C=O) groups is 1. The molecular weight excluding hydrogens is 310 g/mol. The molecule has 0 radical (unpaired) electrons. The van der Waals surface area contributed by atoms with E-state index in [0.29, 0.717) is 11.8 Å². The number of carbonyl (C=O) groups excluding carboxylic acids is 1. The van der Waals surface area contributed by atoms with E-state index in [2.05, 4.69) is 4.90 Å². The Kier molecular flexibility index (Phi) is 5.33. The van der Waals surface area contributed by atoms with Crippen molar-refractivity contribution in [3.05, 3.63) is 30.3 Å². The average molecular weight is 335 g/mol. The molecule has 1 aromatic rings. The van der Waals surface area contributed by atoms with Crippen LogP contribution in [0.3, 0.4) is 0 Å². The van der Waals surface area contributed by atoms with Crippen LogP contribution in [-0.2, 0) is 10.8 Å². The van der Waals surface area contributed by atoms with Gasteiger partial charge in [-0.1, -0.05) is 18.2 Å². The summed E-state index contributed by atoms with van der Waals surface area (Å²) < 4.78 is 12.3. The van der Waals surface area contributed by atoms with Crippen LogP contribution in [0.25, 0.3) is 0 Å². The van der Waals surface area contributed by atoms with Gasteiger partial charge in [0.05, 0.1) is 10.8 Å². The predicted molar refractivity (Wildman–Crippen MR) is 91.9 cm³/mol. The smallest absolute Gasteiger partial charge is 0.320 e. The Labute approximate surface area is 140 Å². The average Bonchev–Trinajstić information content (AvgIpc) is 2.93. The summed E-state index contributed by atoms with van der Waals surface area (Å²) in [7, 11) is 0.952. The van der Waals surface area contributed by atoms with Crippen LogP contribution < -0.4 is 0 Å². The van der Waals surface area contributed by atoms with Crippen molar-refractivity contribution in [2.24, 2.45) is 0 Å². The SMILES string of the molecule is CN1CCN(C2CCN(CC[S@@](=O)c3ccccc3)CC2)C1=O. The molecule has 2 aliphatic heterocycles. The van der Waals surface area contributed by atoms with Crippen LogP contribution in [0, 0.1) is 0 Å². The van der Waals surface area contributed by atoms with Gasteiger partial charge in [-0.2, -0.15) is 0 Å². The predicted octanol–water partition coefficient (Wildman–Crippen LogP) is 1.63. The van der Waals surface area contributed by atoms with Crippen molar-refractivity contribution in [3.63, 3.8) is 0 Å². The highest BCUT2D eigenvalue weighted by molar-refractivity contribution is 7.85. The molecule has 0 spiro atoms. The molecule has 6 heteroatoms. The topological polar surface area (TPSA) is 43.9 Å². The van der Waals surface area contributed by atoms with Crippen LogP contribution in [0.4, 0.5) is 4.79 Å². The Balaban J connectivity index is 1.43. The molecule has 1 atom stereocenters. The van der Waals surface area contributed by atoms with Crippen molar-refractivity contribution < 1.29 is 9.00 Å². The fourth-order valence-corrected chi connectivity index (χ4v) is 4.48. The molecule has 0 unspecified atom stereocenters. The number of likely N-dealkylation sites (N-methyl/N-ethyl adjacent to an activating group) is 1. The first-order chi connectivity index (χ1) is 11.1. The van der Waals surface area contributed by atoms with Crippen LogP contribution in [0.2, 0.25) is 0 Å². The van der Waals surface area contributed by atoms with Crippen molar-refractivity contribution in [3.8, 4) is 0 Å². The van der Waals surface area contributed by atoms with Gasteiger partial charge in [-0.25, -0.2) is 4.79 Å². The molecular formula is C17H25N3O2S. The Morgan fingerprint density at radius 2 is 1.78 bits per heavy atom. The van der Waals surface area contributed by atoms with E-state index in [0.717, 1.165) is 50.5 Å². The molecule has 3 rings (SSSR count). The van der Waals surface area contributed by atoms with E-state index < -0.39 is 10.8 Å².